The van der Waals surface area contributed by atoms with Crippen LogP contribution in [0.5, 0.6) is 11.5 Å². The van der Waals surface area contributed by atoms with Gasteiger partial charge in [-0.25, -0.2) is 4.98 Å². The van der Waals surface area contributed by atoms with E-state index in [2.05, 4.69) is 10.3 Å². The van der Waals surface area contributed by atoms with Crippen LogP contribution in [0.3, 0.4) is 0 Å². The minimum atomic E-state index is -0.394. The zero-order valence-electron chi connectivity index (χ0n) is 13.3. The summed E-state index contributed by atoms with van der Waals surface area (Å²) in [5.74, 6) is 0.260. The molecule has 0 aliphatic carbocycles. The number of thiazole rings is 1. The number of nitrogens with one attached hydrogen (secondary N) is 1. The molecule has 3 aromatic carbocycles. The molecule has 124 valence electrons. The third-order valence-corrected chi connectivity index (χ3v) is 4.88. The lowest BCUT2D eigenvalue weighted by Gasteiger charge is -2.06. The number of carbonyl (C=O) groups is 1. The van der Waals surface area contributed by atoms with E-state index in [4.69, 9.17) is 4.74 Å². The molecular formula is C19H14N2O3S. The average molecular weight is 350 g/mol. The molecule has 0 aliphatic heterocycles. The Balaban J connectivity index is 1.66. The van der Waals surface area contributed by atoms with Gasteiger partial charge in [0.2, 0.25) is 0 Å². The molecule has 2 N–H and O–H groups in total. The van der Waals surface area contributed by atoms with Gasteiger partial charge in [-0.1, -0.05) is 35.6 Å². The second-order valence-electron chi connectivity index (χ2n) is 5.52. The number of ether oxygens (including phenoxy) is 1. The first-order valence-corrected chi connectivity index (χ1v) is 8.43. The molecule has 0 unspecified atom stereocenters. The predicted octanol–water partition coefficient (Wildman–Crippen LogP) is 4.42. The van der Waals surface area contributed by atoms with Gasteiger partial charge in [-0.3, -0.25) is 10.1 Å². The van der Waals surface area contributed by atoms with Crippen molar-refractivity contribution in [3.63, 3.8) is 0 Å². The molecule has 6 heteroatoms. The molecular weight excluding hydrogens is 336 g/mol. The van der Waals surface area contributed by atoms with Crippen LogP contribution >= 0.6 is 11.3 Å². The Labute approximate surface area is 147 Å². The van der Waals surface area contributed by atoms with E-state index in [0.29, 0.717) is 10.9 Å². The molecule has 0 spiro atoms. The molecule has 4 rings (SSSR count). The Morgan fingerprint density at radius 3 is 2.64 bits per heavy atom. The van der Waals surface area contributed by atoms with Gasteiger partial charge in [0.05, 0.1) is 22.9 Å². The number of hydrogen-bond acceptors (Lipinski definition) is 5. The van der Waals surface area contributed by atoms with E-state index < -0.39 is 5.91 Å². The first-order valence-electron chi connectivity index (χ1n) is 7.62. The van der Waals surface area contributed by atoms with Gasteiger partial charge in [0.25, 0.3) is 5.91 Å². The SMILES string of the molecule is COc1ccc2sc(NC(=O)c3cc4ccccc4cc3O)nc2c1. The molecule has 0 radical (unpaired) electrons. The Morgan fingerprint density at radius 2 is 1.88 bits per heavy atom. The summed E-state index contributed by atoms with van der Waals surface area (Å²) in [5, 5.41) is 15.2. The van der Waals surface area contributed by atoms with E-state index in [1.54, 1.807) is 19.2 Å². The van der Waals surface area contributed by atoms with Crippen LogP contribution in [0, 0.1) is 0 Å². The molecule has 0 aliphatic rings. The lowest BCUT2D eigenvalue weighted by molar-refractivity contribution is 0.102. The van der Waals surface area contributed by atoms with E-state index in [1.807, 2.05) is 42.5 Å². The van der Waals surface area contributed by atoms with E-state index >= 15 is 0 Å². The Kier molecular flexibility index (Phi) is 3.74. The summed E-state index contributed by atoms with van der Waals surface area (Å²) in [4.78, 5) is 17.0. The molecule has 5 nitrogen and oxygen atoms in total. The van der Waals surface area contributed by atoms with Crippen LogP contribution in [0.1, 0.15) is 10.4 Å². The summed E-state index contributed by atoms with van der Waals surface area (Å²) in [6.07, 6.45) is 0. The number of phenolic OH excluding ortho intramolecular Hbond substituents is 1. The number of hydrogen-bond donors (Lipinski definition) is 2. The second kappa shape index (κ2) is 6.07. The van der Waals surface area contributed by atoms with Gasteiger partial charge in [-0.15, -0.1) is 0 Å². The number of nitrogens with zero attached hydrogens (tertiary/aromatic N) is 1. The van der Waals surface area contributed by atoms with E-state index in [0.717, 1.165) is 21.0 Å². The van der Waals surface area contributed by atoms with Gasteiger partial charge in [0, 0.05) is 6.07 Å². The Hall–Kier alpha value is -3.12. The summed E-state index contributed by atoms with van der Waals surface area (Å²) < 4.78 is 6.13. The van der Waals surface area contributed by atoms with Crippen molar-refractivity contribution in [2.45, 2.75) is 0 Å². The van der Waals surface area contributed by atoms with Crippen molar-refractivity contribution in [1.29, 1.82) is 0 Å². The van der Waals surface area contributed by atoms with Gasteiger partial charge in [-0.05, 0) is 35.0 Å². The van der Waals surface area contributed by atoms with Gasteiger partial charge in [-0.2, -0.15) is 0 Å². The van der Waals surface area contributed by atoms with Crippen LogP contribution in [0.2, 0.25) is 0 Å². The topological polar surface area (TPSA) is 71.5 Å². The molecule has 25 heavy (non-hydrogen) atoms. The van der Waals surface area contributed by atoms with Crippen molar-refractivity contribution < 1.29 is 14.6 Å². The van der Waals surface area contributed by atoms with Gasteiger partial charge < -0.3 is 9.84 Å². The minimum Gasteiger partial charge on any atom is -0.507 e. The normalized spacial score (nSPS) is 10.9. The number of anilines is 1. The molecule has 1 aromatic heterocycles. The third kappa shape index (κ3) is 2.88. The zero-order chi connectivity index (χ0) is 17.4. The molecule has 0 fully saturated rings. The Morgan fingerprint density at radius 1 is 1.12 bits per heavy atom. The number of carbonyl (C=O) groups excluding carboxylic acids is 1. The standard InChI is InChI=1S/C19H14N2O3S/c1-24-13-6-7-17-15(10-13)20-19(25-17)21-18(23)14-8-11-4-2-3-5-12(11)9-16(14)22/h2-10,22H,1H3,(H,20,21,23). The summed E-state index contributed by atoms with van der Waals surface area (Å²) >= 11 is 1.37. The number of rotatable bonds is 3. The van der Waals surface area contributed by atoms with Crippen LogP contribution in [-0.4, -0.2) is 23.1 Å². The molecule has 0 bridgehead atoms. The highest BCUT2D eigenvalue weighted by Gasteiger charge is 2.15. The fourth-order valence-corrected chi connectivity index (χ4v) is 3.50. The van der Waals surface area contributed by atoms with Crippen molar-refractivity contribution in [2.75, 3.05) is 12.4 Å². The van der Waals surface area contributed by atoms with Crippen molar-refractivity contribution >= 4 is 43.4 Å². The van der Waals surface area contributed by atoms with E-state index in [1.165, 1.54) is 11.3 Å². The van der Waals surface area contributed by atoms with Crippen molar-refractivity contribution in [3.05, 3.63) is 60.2 Å². The fraction of sp³-hybridized carbons (Fsp3) is 0.0526. The number of amides is 1. The molecule has 0 saturated heterocycles. The third-order valence-electron chi connectivity index (χ3n) is 3.92. The van der Waals surface area contributed by atoms with Gasteiger partial charge >= 0.3 is 0 Å². The lowest BCUT2D eigenvalue weighted by atomic mass is 10.1. The number of aromatic nitrogens is 1. The molecule has 1 heterocycles. The van der Waals surface area contributed by atoms with E-state index in [9.17, 15) is 9.90 Å². The summed E-state index contributed by atoms with van der Waals surface area (Å²) in [7, 11) is 1.60. The molecule has 0 atom stereocenters. The van der Waals surface area contributed by atoms with Crippen molar-refractivity contribution in [2.24, 2.45) is 0 Å². The maximum Gasteiger partial charge on any atom is 0.261 e. The van der Waals surface area contributed by atoms with Crippen molar-refractivity contribution in [1.82, 2.24) is 4.98 Å². The summed E-state index contributed by atoms with van der Waals surface area (Å²) in [6.45, 7) is 0. The number of fused-ring (bicyclic) bond motifs is 2. The molecule has 1 amide bonds. The van der Waals surface area contributed by atoms with Gasteiger partial charge in [0.15, 0.2) is 5.13 Å². The summed E-state index contributed by atoms with van der Waals surface area (Å²) in [5.41, 5.74) is 0.970. The number of aromatic hydroxyl groups is 1. The van der Waals surface area contributed by atoms with Crippen LogP contribution in [-0.2, 0) is 0 Å². The molecule has 4 aromatic rings. The number of methoxy groups -OCH3 is 1. The van der Waals surface area contributed by atoms with Crippen LogP contribution < -0.4 is 10.1 Å². The Bertz CT molecular complexity index is 1100. The first kappa shape index (κ1) is 15.4. The van der Waals surface area contributed by atoms with Crippen LogP contribution in [0.4, 0.5) is 5.13 Å². The quantitative estimate of drug-likeness (QED) is 0.574. The maximum absolute atomic E-state index is 12.5. The van der Waals surface area contributed by atoms with Crippen LogP contribution in [0.25, 0.3) is 21.0 Å². The number of benzene rings is 3. The van der Waals surface area contributed by atoms with Crippen molar-refractivity contribution in [3.8, 4) is 11.5 Å². The highest BCUT2D eigenvalue weighted by atomic mass is 32.1. The minimum absolute atomic E-state index is 0.0565. The maximum atomic E-state index is 12.5. The highest BCUT2D eigenvalue weighted by molar-refractivity contribution is 7.22. The smallest absolute Gasteiger partial charge is 0.261 e. The van der Waals surface area contributed by atoms with Crippen LogP contribution in [0.15, 0.2) is 54.6 Å². The fourth-order valence-electron chi connectivity index (χ4n) is 2.66. The molecule has 0 saturated carbocycles. The zero-order valence-corrected chi connectivity index (χ0v) is 14.1. The lowest BCUT2D eigenvalue weighted by Crippen LogP contribution is -2.11. The first-order chi connectivity index (χ1) is 12.1. The van der Waals surface area contributed by atoms with Gasteiger partial charge in [0.1, 0.15) is 11.5 Å². The monoisotopic (exact) mass is 350 g/mol. The van der Waals surface area contributed by atoms with E-state index in [-0.39, 0.29) is 11.3 Å². The second-order valence-corrected chi connectivity index (χ2v) is 6.55. The number of phenols is 1. The predicted molar refractivity (Wildman–Crippen MR) is 99.7 cm³/mol. The average Bonchev–Trinajstić information content (AvgIpc) is 3.02. The summed E-state index contributed by atoms with van der Waals surface area (Å²) in [6, 6.07) is 16.4. The largest absolute Gasteiger partial charge is 0.507 e. The highest BCUT2D eigenvalue weighted by Crippen LogP contribution is 2.30.